The molecule has 0 aliphatic heterocycles. The molecule has 0 atom stereocenters. The van der Waals surface area contributed by atoms with Crippen LogP contribution in [0.4, 0.5) is 11.4 Å². The van der Waals surface area contributed by atoms with Crippen molar-refractivity contribution < 1.29 is 14.5 Å². The van der Waals surface area contributed by atoms with E-state index in [2.05, 4.69) is 37.2 Å². The fraction of sp³-hybridized carbons (Fsp3) is 0.0435. The van der Waals surface area contributed by atoms with Crippen LogP contribution in [0, 0.1) is 21.4 Å². The molecule has 7 nitrogen and oxygen atoms in total. The zero-order valence-corrected chi connectivity index (χ0v) is 20.6. The molecule has 0 heterocycles. The number of carbonyl (C=O) groups is 1. The van der Waals surface area contributed by atoms with E-state index >= 15 is 0 Å². The SMILES string of the molecule is N#C/C(=C/c1cc(Br)c(OCc2cccc([N+](=O)[O-])c2)c(Br)c1)C(=O)Nc1ccc(Cl)cc1. The summed E-state index contributed by atoms with van der Waals surface area (Å²) in [6.45, 7) is 0.112. The number of hydrogen-bond donors (Lipinski definition) is 1. The number of amides is 1. The molecule has 33 heavy (non-hydrogen) atoms. The lowest BCUT2D eigenvalue weighted by Gasteiger charge is -2.12. The second-order valence-corrected chi connectivity index (χ2v) is 8.81. The zero-order chi connectivity index (χ0) is 24.0. The van der Waals surface area contributed by atoms with E-state index in [-0.39, 0.29) is 17.9 Å². The van der Waals surface area contributed by atoms with Crippen molar-refractivity contribution in [3.63, 3.8) is 0 Å². The maximum absolute atomic E-state index is 12.5. The van der Waals surface area contributed by atoms with Gasteiger partial charge in [0, 0.05) is 22.8 Å². The molecule has 0 unspecified atom stereocenters. The lowest BCUT2D eigenvalue weighted by Crippen LogP contribution is -2.13. The van der Waals surface area contributed by atoms with Crippen molar-refractivity contribution in [2.75, 3.05) is 5.32 Å². The standard InChI is InChI=1S/C23H14Br2ClN3O4/c24-20-10-15(8-16(12-27)23(30)28-18-6-4-17(26)5-7-18)11-21(25)22(20)33-13-14-2-1-3-19(9-14)29(31)32/h1-11H,13H2,(H,28,30)/b16-8-. The van der Waals surface area contributed by atoms with Crippen LogP contribution in [0.15, 0.2) is 75.2 Å². The van der Waals surface area contributed by atoms with Crippen LogP contribution >= 0.6 is 43.5 Å². The van der Waals surface area contributed by atoms with Crippen LogP contribution in [-0.4, -0.2) is 10.8 Å². The third kappa shape index (κ3) is 6.65. The van der Waals surface area contributed by atoms with Gasteiger partial charge in [0.1, 0.15) is 24.0 Å². The van der Waals surface area contributed by atoms with Crippen LogP contribution in [-0.2, 0) is 11.4 Å². The van der Waals surface area contributed by atoms with E-state index < -0.39 is 10.8 Å². The predicted molar refractivity (Wildman–Crippen MR) is 133 cm³/mol. The highest BCUT2D eigenvalue weighted by molar-refractivity contribution is 9.11. The average Bonchev–Trinajstić information content (AvgIpc) is 2.78. The zero-order valence-electron chi connectivity index (χ0n) is 16.7. The van der Waals surface area contributed by atoms with Crippen molar-refractivity contribution in [2.24, 2.45) is 0 Å². The Hall–Kier alpha value is -3.19. The Bertz CT molecular complexity index is 1260. The van der Waals surface area contributed by atoms with Crippen molar-refractivity contribution in [3.8, 4) is 11.8 Å². The van der Waals surface area contributed by atoms with Gasteiger partial charge in [0.15, 0.2) is 0 Å². The Labute approximate surface area is 211 Å². The first-order valence-corrected chi connectivity index (χ1v) is 11.3. The minimum absolute atomic E-state index is 0.0179. The maximum atomic E-state index is 12.5. The molecule has 166 valence electrons. The molecular formula is C23H14Br2ClN3O4. The molecule has 0 aliphatic rings. The maximum Gasteiger partial charge on any atom is 0.269 e. The van der Waals surface area contributed by atoms with Crippen molar-refractivity contribution >= 4 is 66.8 Å². The highest BCUT2D eigenvalue weighted by Crippen LogP contribution is 2.36. The van der Waals surface area contributed by atoms with E-state index in [1.165, 1.54) is 18.2 Å². The highest BCUT2D eigenvalue weighted by Gasteiger charge is 2.13. The van der Waals surface area contributed by atoms with Gasteiger partial charge in [0.25, 0.3) is 11.6 Å². The smallest absolute Gasteiger partial charge is 0.269 e. The summed E-state index contributed by atoms with van der Waals surface area (Å²) in [5.74, 6) is -0.0826. The number of ether oxygens (including phenoxy) is 1. The predicted octanol–water partition coefficient (Wildman–Crippen LogP) is 6.90. The molecule has 0 fully saturated rings. The molecule has 0 saturated heterocycles. The summed E-state index contributed by atoms with van der Waals surface area (Å²) in [6, 6.07) is 18.0. The number of nitrogens with zero attached hydrogens (tertiary/aromatic N) is 2. The molecule has 3 aromatic rings. The van der Waals surface area contributed by atoms with E-state index in [4.69, 9.17) is 16.3 Å². The molecule has 0 spiro atoms. The number of anilines is 1. The molecule has 1 amide bonds. The van der Waals surface area contributed by atoms with Gasteiger partial charge in [0.2, 0.25) is 0 Å². The first-order valence-electron chi connectivity index (χ1n) is 9.30. The summed E-state index contributed by atoms with van der Waals surface area (Å²) >= 11 is 12.7. The van der Waals surface area contributed by atoms with Gasteiger partial charge in [-0.1, -0.05) is 23.7 Å². The Balaban J connectivity index is 1.76. The van der Waals surface area contributed by atoms with Gasteiger partial charge in [-0.25, -0.2) is 0 Å². The average molecular weight is 592 g/mol. The summed E-state index contributed by atoms with van der Waals surface area (Å²) in [4.78, 5) is 22.9. The second kappa shape index (κ2) is 11.1. The van der Waals surface area contributed by atoms with Gasteiger partial charge >= 0.3 is 0 Å². The Morgan fingerprint density at radius 2 is 1.82 bits per heavy atom. The number of nitro benzene ring substituents is 1. The van der Waals surface area contributed by atoms with E-state index in [0.717, 1.165) is 0 Å². The Morgan fingerprint density at radius 3 is 2.42 bits per heavy atom. The van der Waals surface area contributed by atoms with E-state index in [9.17, 15) is 20.2 Å². The van der Waals surface area contributed by atoms with Gasteiger partial charge in [0.05, 0.1) is 13.9 Å². The number of nitriles is 1. The second-order valence-electron chi connectivity index (χ2n) is 6.66. The van der Waals surface area contributed by atoms with Gasteiger partial charge in [-0.2, -0.15) is 5.26 Å². The topological polar surface area (TPSA) is 105 Å². The molecule has 0 bridgehead atoms. The molecule has 0 aliphatic carbocycles. The molecule has 3 aromatic carbocycles. The lowest BCUT2D eigenvalue weighted by molar-refractivity contribution is -0.384. The Morgan fingerprint density at radius 1 is 1.15 bits per heavy atom. The number of halogens is 3. The quantitative estimate of drug-likeness (QED) is 0.139. The molecular weight excluding hydrogens is 578 g/mol. The van der Waals surface area contributed by atoms with Gasteiger partial charge in [-0.15, -0.1) is 0 Å². The number of benzene rings is 3. The van der Waals surface area contributed by atoms with Crippen LogP contribution in [0.25, 0.3) is 6.08 Å². The molecule has 3 rings (SSSR count). The summed E-state index contributed by atoms with van der Waals surface area (Å²) in [6.07, 6.45) is 1.45. The summed E-state index contributed by atoms with van der Waals surface area (Å²) < 4.78 is 6.96. The number of nitro groups is 1. The monoisotopic (exact) mass is 589 g/mol. The van der Waals surface area contributed by atoms with Crippen LogP contribution < -0.4 is 10.1 Å². The van der Waals surface area contributed by atoms with E-state index in [1.54, 1.807) is 48.5 Å². The fourth-order valence-electron chi connectivity index (χ4n) is 2.76. The number of hydrogen-bond acceptors (Lipinski definition) is 5. The number of nitrogens with one attached hydrogen (secondary N) is 1. The number of rotatable bonds is 7. The normalized spacial score (nSPS) is 10.9. The number of non-ortho nitro benzene ring substituents is 1. The van der Waals surface area contributed by atoms with Crippen molar-refractivity contribution in [2.45, 2.75) is 6.61 Å². The summed E-state index contributed by atoms with van der Waals surface area (Å²) in [5, 5.41) is 23.6. The minimum Gasteiger partial charge on any atom is -0.487 e. The minimum atomic E-state index is -0.557. The lowest BCUT2D eigenvalue weighted by atomic mass is 10.1. The highest BCUT2D eigenvalue weighted by atomic mass is 79.9. The third-order valence-electron chi connectivity index (χ3n) is 4.30. The Kier molecular flexibility index (Phi) is 8.22. The summed E-state index contributed by atoms with van der Waals surface area (Å²) in [7, 11) is 0. The molecule has 0 radical (unpaired) electrons. The van der Waals surface area contributed by atoms with Crippen LogP contribution in [0.3, 0.4) is 0 Å². The molecule has 0 saturated carbocycles. The molecule has 1 N–H and O–H groups in total. The summed E-state index contributed by atoms with van der Waals surface area (Å²) in [5.41, 5.74) is 1.62. The first-order chi connectivity index (χ1) is 15.8. The van der Waals surface area contributed by atoms with E-state index in [0.29, 0.717) is 36.5 Å². The van der Waals surface area contributed by atoms with Gasteiger partial charge in [-0.05, 0) is 85.5 Å². The molecule has 10 heteroatoms. The van der Waals surface area contributed by atoms with Crippen LogP contribution in [0.2, 0.25) is 5.02 Å². The first kappa shape index (κ1) is 24.5. The fourth-order valence-corrected chi connectivity index (χ4v) is 4.34. The largest absolute Gasteiger partial charge is 0.487 e. The van der Waals surface area contributed by atoms with E-state index in [1.807, 2.05) is 6.07 Å². The van der Waals surface area contributed by atoms with Gasteiger partial charge < -0.3 is 10.1 Å². The van der Waals surface area contributed by atoms with Crippen LogP contribution in [0.1, 0.15) is 11.1 Å². The van der Waals surface area contributed by atoms with Crippen molar-refractivity contribution in [3.05, 3.63) is 101 Å². The van der Waals surface area contributed by atoms with Crippen molar-refractivity contribution in [1.29, 1.82) is 5.26 Å². The van der Waals surface area contributed by atoms with Crippen LogP contribution in [0.5, 0.6) is 5.75 Å². The van der Waals surface area contributed by atoms with Crippen molar-refractivity contribution in [1.82, 2.24) is 0 Å². The van der Waals surface area contributed by atoms with Gasteiger partial charge in [-0.3, -0.25) is 14.9 Å². The number of carbonyl (C=O) groups excluding carboxylic acids is 1. The molecule has 0 aromatic heterocycles. The third-order valence-corrected chi connectivity index (χ3v) is 5.73.